The molecular weight excluding hydrogens is 326 g/mol. The highest BCUT2D eigenvalue weighted by Gasteiger charge is 2.25. The fourth-order valence-electron chi connectivity index (χ4n) is 2.53. The summed E-state index contributed by atoms with van der Waals surface area (Å²) in [7, 11) is 0. The average Bonchev–Trinajstić information content (AvgIpc) is 2.45. The van der Waals surface area contributed by atoms with Crippen LogP contribution >= 0.6 is 27.7 Å². The maximum Gasteiger partial charge on any atom is 0.283 e. The van der Waals surface area contributed by atoms with Gasteiger partial charge in [0.25, 0.3) is 5.56 Å². The third-order valence-electron chi connectivity index (χ3n) is 3.63. The van der Waals surface area contributed by atoms with Crippen molar-refractivity contribution in [2.75, 3.05) is 11.6 Å². The normalized spacial score (nSPS) is 23.3. The van der Waals surface area contributed by atoms with Crippen molar-refractivity contribution in [3.8, 4) is 0 Å². The molecular formula is C13H20BrN3OS. The first-order chi connectivity index (χ1) is 9.17. The first-order valence-corrected chi connectivity index (χ1v) is 8.80. The Morgan fingerprint density at radius 3 is 2.95 bits per heavy atom. The quantitative estimate of drug-likeness (QED) is 0.910. The summed E-state index contributed by atoms with van der Waals surface area (Å²) in [6.45, 7) is 2.51. The minimum absolute atomic E-state index is 0.0657. The Kier molecular flexibility index (Phi) is 5.33. The molecule has 2 unspecified atom stereocenters. The summed E-state index contributed by atoms with van der Waals surface area (Å²) in [5, 5.41) is 8.30. The van der Waals surface area contributed by atoms with E-state index in [0.717, 1.165) is 12.1 Å². The van der Waals surface area contributed by atoms with E-state index < -0.39 is 0 Å². The third-order valence-corrected chi connectivity index (χ3v) is 5.57. The molecule has 6 heteroatoms. The number of thioether (sulfide) groups is 1. The van der Waals surface area contributed by atoms with E-state index in [1.807, 2.05) is 18.7 Å². The number of nitrogens with one attached hydrogen (secondary N) is 1. The Labute approximate surface area is 126 Å². The first kappa shape index (κ1) is 14.9. The lowest BCUT2D eigenvalue weighted by Gasteiger charge is -2.31. The van der Waals surface area contributed by atoms with Crippen LogP contribution in [0.1, 0.15) is 32.6 Å². The molecule has 2 atom stereocenters. The third kappa shape index (κ3) is 3.34. The van der Waals surface area contributed by atoms with Gasteiger partial charge in [0, 0.05) is 17.8 Å². The Morgan fingerprint density at radius 1 is 1.53 bits per heavy atom. The summed E-state index contributed by atoms with van der Waals surface area (Å²) in [6, 6.07) is 0.429. The zero-order valence-corrected chi connectivity index (χ0v) is 13.8. The van der Waals surface area contributed by atoms with Gasteiger partial charge in [-0.1, -0.05) is 12.8 Å². The van der Waals surface area contributed by atoms with Crippen molar-refractivity contribution in [2.45, 2.75) is 50.4 Å². The lowest BCUT2D eigenvalue weighted by Crippen LogP contribution is -2.35. The van der Waals surface area contributed by atoms with Crippen LogP contribution in [-0.2, 0) is 6.54 Å². The summed E-state index contributed by atoms with van der Waals surface area (Å²) in [5.41, 5.74) is 0.754. The molecule has 0 saturated heterocycles. The van der Waals surface area contributed by atoms with Crippen molar-refractivity contribution in [1.29, 1.82) is 0 Å². The van der Waals surface area contributed by atoms with E-state index in [0.29, 0.717) is 22.3 Å². The van der Waals surface area contributed by atoms with Crippen molar-refractivity contribution in [2.24, 2.45) is 0 Å². The maximum absolute atomic E-state index is 12.0. The molecule has 106 valence electrons. The fraction of sp³-hybridized carbons (Fsp3) is 0.692. The number of hydrogen-bond acceptors (Lipinski definition) is 4. The van der Waals surface area contributed by atoms with Gasteiger partial charge in [-0.15, -0.1) is 0 Å². The predicted octanol–water partition coefficient (Wildman–Crippen LogP) is 3.11. The van der Waals surface area contributed by atoms with E-state index in [4.69, 9.17) is 0 Å². The number of rotatable bonds is 4. The monoisotopic (exact) mass is 345 g/mol. The van der Waals surface area contributed by atoms with Gasteiger partial charge in [0.1, 0.15) is 4.47 Å². The Morgan fingerprint density at radius 2 is 2.26 bits per heavy atom. The van der Waals surface area contributed by atoms with Crippen LogP contribution in [0.5, 0.6) is 0 Å². The van der Waals surface area contributed by atoms with Gasteiger partial charge in [-0.05, 0) is 42.0 Å². The largest absolute Gasteiger partial charge is 0.379 e. The van der Waals surface area contributed by atoms with Crippen LogP contribution in [0.4, 0.5) is 5.69 Å². The molecule has 1 N–H and O–H groups in total. The van der Waals surface area contributed by atoms with Crippen molar-refractivity contribution in [3.63, 3.8) is 0 Å². The van der Waals surface area contributed by atoms with Gasteiger partial charge in [0.05, 0.1) is 11.9 Å². The van der Waals surface area contributed by atoms with Crippen LogP contribution in [0.2, 0.25) is 0 Å². The van der Waals surface area contributed by atoms with Crippen molar-refractivity contribution in [3.05, 3.63) is 21.0 Å². The summed E-state index contributed by atoms with van der Waals surface area (Å²) >= 11 is 5.31. The lowest BCUT2D eigenvalue weighted by atomic mass is 9.95. The molecule has 1 heterocycles. The second-order valence-corrected chi connectivity index (χ2v) is 6.67. The molecule has 2 rings (SSSR count). The van der Waals surface area contributed by atoms with Gasteiger partial charge in [-0.2, -0.15) is 16.9 Å². The number of aromatic nitrogens is 2. The number of nitrogens with zero attached hydrogens (tertiary/aromatic N) is 2. The Hall–Kier alpha value is -0.490. The van der Waals surface area contributed by atoms with Gasteiger partial charge >= 0.3 is 0 Å². The molecule has 0 aromatic carbocycles. The summed E-state index contributed by atoms with van der Waals surface area (Å²) in [4.78, 5) is 12.0. The van der Waals surface area contributed by atoms with Gasteiger partial charge in [0.15, 0.2) is 0 Å². The molecule has 1 aromatic rings. The van der Waals surface area contributed by atoms with E-state index in [9.17, 15) is 4.79 Å². The molecule has 0 aliphatic heterocycles. The molecule has 1 fully saturated rings. The second-order valence-electron chi connectivity index (χ2n) is 4.80. The fourth-order valence-corrected chi connectivity index (χ4v) is 3.89. The molecule has 0 bridgehead atoms. The molecule has 19 heavy (non-hydrogen) atoms. The average molecular weight is 346 g/mol. The number of anilines is 1. The zero-order valence-electron chi connectivity index (χ0n) is 11.4. The topological polar surface area (TPSA) is 46.9 Å². The molecule has 0 amide bonds. The smallest absolute Gasteiger partial charge is 0.283 e. The van der Waals surface area contributed by atoms with Gasteiger partial charge in [-0.25, -0.2) is 4.68 Å². The minimum atomic E-state index is -0.0657. The summed E-state index contributed by atoms with van der Waals surface area (Å²) in [6.07, 6.45) is 8.88. The zero-order chi connectivity index (χ0) is 13.8. The van der Waals surface area contributed by atoms with Crippen molar-refractivity contribution < 1.29 is 0 Å². The minimum Gasteiger partial charge on any atom is -0.379 e. The number of halogens is 1. The van der Waals surface area contributed by atoms with Crippen molar-refractivity contribution in [1.82, 2.24) is 9.78 Å². The molecule has 1 aliphatic carbocycles. The van der Waals surface area contributed by atoms with Gasteiger partial charge in [0.2, 0.25) is 0 Å². The van der Waals surface area contributed by atoms with Crippen molar-refractivity contribution >= 4 is 33.4 Å². The van der Waals surface area contributed by atoms with Gasteiger partial charge in [-0.3, -0.25) is 4.79 Å². The van der Waals surface area contributed by atoms with Crippen LogP contribution in [0.25, 0.3) is 0 Å². The number of hydrogen-bond donors (Lipinski definition) is 1. The molecule has 1 saturated carbocycles. The summed E-state index contributed by atoms with van der Waals surface area (Å²) < 4.78 is 2.05. The van der Waals surface area contributed by atoms with E-state index in [1.165, 1.54) is 23.9 Å². The lowest BCUT2D eigenvalue weighted by molar-refractivity contribution is 0.474. The van der Waals surface area contributed by atoms with Crippen LogP contribution in [0.3, 0.4) is 0 Å². The highest BCUT2D eigenvalue weighted by Crippen LogP contribution is 2.30. The first-order valence-electron chi connectivity index (χ1n) is 6.72. The molecule has 0 spiro atoms. The van der Waals surface area contributed by atoms with Crippen LogP contribution in [0.15, 0.2) is 15.5 Å². The molecule has 4 nitrogen and oxygen atoms in total. The molecule has 1 aliphatic rings. The predicted molar refractivity (Wildman–Crippen MR) is 85.1 cm³/mol. The van der Waals surface area contributed by atoms with Crippen LogP contribution < -0.4 is 10.9 Å². The summed E-state index contributed by atoms with van der Waals surface area (Å²) in [5.74, 6) is 0. The number of aryl methyl sites for hydroxylation is 1. The Bertz CT molecular complexity index is 491. The van der Waals surface area contributed by atoms with Gasteiger partial charge < -0.3 is 5.32 Å². The SMILES string of the molecule is CCn1ncc(NC2CCCCC2SC)c(Br)c1=O. The van der Waals surface area contributed by atoms with Crippen LogP contribution in [-0.4, -0.2) is 27.3 Å². The van der Waals surface area contributed by atoms with E-state index >= 15 is 0 Å². The molecule has 0 radical (unpaired) electrons. The second kappa shape index (κ2) is 6.79. The highest BCUT2D eigenvalue weighted by molar-refractivity contribution is 9.10. The van der Waals surface area contributed by atoms with E-state index in [1.54, 1.807) is 6.20 Å². The van der Waals surface area contributed by atoms with E-state index in [-0.39, 0.29) is 5.56 Å². The highest BCUT2D eigenvalue weighted by atomic mass is 79.9. The Balaban J connectivity index is 2.19. The van der Waals surface area contributed by atoms with Crippen LogP contribution in [0, 0.1) is 0 Å². The maximum atomic E-state index is 12.0. The van der Waals surface area contributed by atoms with E-state index in [2.05, 4.69) is 32.6 Å². The standard InChI is InChI=1S/C13H20BrN3OS/c1-3-17-13(18)12(14)10(8-15-17)16-9-6-4-5-7-11(9)19-2/h8-9,11,16H,3-7H2,1-2H3. The molecule has 1 aromatic heterocycles.